The van der Waals surface area contributed by atoms with Crippen LogP contribution in [0, 0.1) is 46.5 Å². The molecule has 1 amide bonds. The molecule has 0 heterocycles. The number of amides is 1. The summed E-state index contributed by atoms with van der Waals surface area (Å²) in [4.78, 5) is 38.6. The van der Waals surface area contributed by atoms with Gasteiger partial charge in [-0.25, -0.2) is 43.5 Å². The number of carbonyl (C=O) groups excluding carboxylic acids is 1. The first-order valence-electron chi connectivity index (χ1n) is 16.9. The number of carbonyl (C=O) groups is 1. The van der Waals surface area contributed by atoms with Crippen LogP contribution in [0.3, 0.4) is 0 Å². The van der Waals surface area contributed by atoms with Crippen molar-refractivity contribution in [2.75, 3.05) is 43.9 Å². The van der Waals surface area contributed by atoms with Crippen LogP contribution in [-0.4, -0.2) is 57.3 Å². The quantitative estimate of drug-likeness (QED) is 0.0726. The lowest BCUT2D eigenvalue weighted by molar-refractivity contribution is -0.132. The molecule has 55 heavy (non-hydrogen) atoms. The van der Waals surface area contributed by atoms with Gasteiger partial charge in [-0.3, -0.25) is 14.4 Å². The first kappa shape index (κ1) is 41.3. The third-order valence-electron chi connectivity index (χ3n) is 9.19. The zero-order chi connectivity index (χ0) is 40.9. The van der Waals surface area contributed by atoms with Gasteiger partial charge in [0.1, 0.15) is 28.8 Å². The van der Waals surface area contributed by atoms with Gasteiger partial charge in [0.25, 0.3) is 10.9 Å². The first-order chi connectivity index (χ1) is 25.5. The van der Waals surface area contributed by atoms with E-state index >= 15 is 0 Å². The van der Waals surface area contributed by atoms with E-state index in [-0.39, 0.29) is 58.8 Å². The smallest absolute Gasteiger partial charge is 0.253 e. The van der Waals surface area contributed by atoms with Crippen molar-refractivity contribution in [1.29, 1.82) is 0 Å². The van der Waals surface area contributed by atoms with Crippen LogP contribution in [0.1, 0.15) is 61.8 Å². The molecule has 0 saturated heterocycles. The van der Waals surface area contributed by atoms with Crippen molar-refractivity contribution in [1.82, 2.24) is 9.21 Å². The largest absolute Gasteiger partial charge is 0.378 e. The van der Waals surface area contributed by atoms with Gasteiger partial charge in [0.2, 0.25) is 21.7 Å². The molecule has 4 aromatic rings. The van der Waals surface area contributed by atoms with Crippen molar-refractivity contribution in [2.24, 2.45) is 0 Å². The number of hydrogen-bond acceptors (Lipinski definition) is 7. The summed E-state index contributed by atoms with van der Waals surface area (Å²) in [5, 5.41) is 2.77. The predicted molar refractivity (Wildman–Crippen MR) is 187 cm³/mol. The number of benzene rings is 3. The Hall–Kier alpha value is -4.84. The normalized spacial score (nSPS) is 13.5. The molecule has 5 rings (SSSR count). The van der Waals surface area contributed by atoms with Gasteiger partial charge >= 0.3 is 0 Å². The molecular weight excluding hydrogens is 764 g/mol. The molecule has 0 aliphatic heterocycles. The fourth-order valence-corrected chi connectivity index (χ4v) is 7.48. The summed E-state index contributed by atoms with van der Waals surface area (Å²) < 4.78 is 143. The number of nitrogens with one attached hydrogen (secondary N) is 1. The van der Waals surface area contributed by atoms with Crippen LogP contribution < -0.4 is 21.1 Å². The van der Waals surface area contributed by atoms with E-state index in [4.69, 9.17) is 0 Å². The molecule has 1 fully saturated rings. The maximum absolute atomic E-state index is 15.0. The highest BCUT2D eigenvalue weighted by Crippen LogP contribution is 2.42. The van der Waals surface area contributed by atoms with E-state index < -0.39 is 96.9 Å². The summed E-state index contributed by atoms with van der Waals surface area (Å²) in [5.74, 6) is -19.3. The van der Waals surface area contributed by atoms with Crippen molar-refractivity contribution in [2.45, 2.75) is 62.9 Å². The average Bonchev–Trinajstić information content (AvgIpc) is 3.95. The van der Waals surface area contributed by atoms with Gasteiger partial charge in [-0.05, 0) is 40.9 Å². The van der Waals surface area contributed by atoms with Gasteiger partial charge in [-0.1, -0.05) is 39.0 Å². The van der Waals surface area contributed by atoms with Gasteiger partial charge in [-0.2, -0.15) is 4.31 Å². The van der Waals surface area contributed by atoms with Gasteiger partial charge in [0, 0.05) is 58.0 Å². The number of hydrogen-bond donors (Lipinski definition) is 1. The van der Waals surface area contributed by atoms with E-state index in [0.29, 0.717) is 5.56 Å². The number of halogens is 8. The fourth-order valence-electron chi connectivity index (χ4n) is 6.01. The molecule has 18 heteroatoms. The SMILES string of the molecule is CN(C)c1c(NCCN(Cc2cc(C3CC3)cc(C(C)(C)C)c2)C(=O)CN(Cc2c(F)cc(F)cc2F)S(=O)(=O)c2c(F)c(F)c(F)c(F)c2F)c(=O)c1=O. The maximum Gasteiger partial charge on any atom is 0.253 e. The van der Waals surface area contributed by atoms with Crippen LogP contribution in [0.15, 0.2) is 44.8 Å². The average molecular weight is 801 g/mol. The summed E-state index contributed by atoms with van der Waals surface area (Å²) >= 11 is 0. The summed E-state index contributed by atoms with van der Waals surface area (Å²) in [6.07, 6.45) is 1.83. The maximum atomic E-state index is 15.0. The minimum absolute atomic E-state index is 0.0539. The van der Waals surface area contributed by atoms with Crippen LogP contribution in [0.4, 0.5) is 46.5 Å². The Morgan fingerprint density at radius 1 is 0.800 bits per heavy atom. The van der Waals surface area contributed by atoms with E-state index in [1.54, 1.807) is 6.07 Å². The molecule has 1 aliphatic rings. The summed E-state index contributed by atoms with van der Waals surface area (Å²) in [6.45, 7) is 2.02. The van der Waals surface area contributed by atoms with Crippen molar-refractivity contribution in [3.05, 3.63) is 120 Å². The first-order valence-corrected chi connectivity index (χ1v) is 18.3. The fraction of sp³-hybridized carbons (Fsp3) is 0.378. The monoisotopic (exact) mass is 800 g/mol. The van der Waals surface area contributed by atoms with Gasteiger partial charge in [0.05, 0.1) is 6.54 Å². The summed E-state index contributed by atoms with van der Waals surface area (Å²) in [7, 11) is -2.98. The summed E-state index contributed by atoms with van der Waals surface area (Å²) in [6, 6.07) is 5.96. The highest BCUT2D eigenvalue weighted by Gasteiger charge is 2.39. The number of sulfonamides is 1. The summed E-state index contributed by atoms with van der Waals surface area (Å²) in [5.41, 5.74) is -0.791. The molecular formula is C37H36F8N4O5S. The minimum Gasteiger partial charge on any atom is -0.378 e. The number of rotatable bonds is 14. The zero-order valence-electron chi connectivity index (χ0n) is 30.2. The molecule has 1 saturated carbocycles. The van der Waals surface area contributed by atoms with Crippen molar-refractivity contribution in [3.8, 4) is 0 Å². The Morgan fingerprint density at radius 3 is 1.89 bits per heavy atom. The number of nitrogens with zero attached hydrogens (tertiary/aromatic N) is 3. The van der Waals surface area contributed by atoms with Crippen molar-refractivity contribution >= 4 is 27.3 Å². The third-order valence-corrected chi connectivity index (χ3v) is 11.0. The standard InChI is InChI=1S/C37H36F8N4O5S/c1-37(2,3)21-11-18(10-20(12-21)19-6-7-19)15-48(9-8-46-32-33(47(4)5)35(52)34(32)51)26(50)17-49(16-23-24(39)13-22(38)14-25(23)40)55(53,54)36-30(44)28(42)27(41)29(43)31(36)45/h10-14,19,46H,6-9,15-17H2,1-5H3. The second-order valence-electron chi connectivity index (χ2n) is 14.5. The van der Waals surface area contributed by atoms with E-state index in [1.165, 1.54) is 19.0 Å². The molecule has 1 N–H and O–H groups in total. The predicted octanol–water partition coefficient (Wildman–Crippen LogP) is 5.97. The second kappa shape index (κ2) is 15.4. The molecule has 0 unspecified atom stereocenters. The topological polar surface area (TPSA) is 107 Å². The van der Waals surface area contributed by atoms with Crippen molar-refractivity contribution < 1.29 is 48.3 Å². The molecule has 4 aromatic carbocycles. The van der Waals surface area contributed by atoms with Crippen LogP contribution in [0.5, 0.6) is 0 Å². The highest BCUT2D eigenvalue weighted by atomic mass is 32.2. The van der Waals surface area contributed by atoms with E-state index in [0.717, 1.165) is 28.9 Å². The Morgan fingerprint density at radius 2 is 1.36 bits per heavy atom. The molecule has 0 radical (unpaired) electrons. The Balaban J connectivity index is 1.58. The Bertz CT molecular complexity index is 2300. The molecule has 0 aromatic heterocycles. The lowest BCUT2D eigenvalue weighted by Gasteiger charge is -2.29. The molecule has 0 bridgehead atoms. The molecule has 296 valence electrons. The van der Waals surface area contributed by atoms with Crippen molar-refractivity contribution in [3.63, 3.8) is 0 Å². The van der Waals surface area contributed by atoms with Gasteiger partial charge in [0.15, 0.2) is 28.2 Å². The van der Waals surface area contributed by atoms with Gasteiger partial charge in [-0.15, -0.1) is 0 Å². The van der Waals surface area contributed by atoms with E-state index in [2.05, 4.69) is 5.32 Å². The molecule has 0 atom stereocenters. The van der Waals surface area contributed by atoms with Crippen LogP contribution >= 0.6 is 0 Å². The molecule has 0 spiro atoms. The lowest BCUT2D eigenvalue weighted by Crippen LogP contribution is -2.45. The molecule has 9 nitrogen and oxygen atoms in total. The third kappa shape index (κ3) is 8.39. The number of anilines is 2. The van der Waals surface area contributed by atoms with E-state index in [9.17, 15) is 57.9 Å². The van der Waals surface area contributed by atoms with Crippen LogP contribution in [0.2, 0.25) is 0 Å². The lowest BCUT2D eigenvalue weighted by atomic mass is 9.84. The highest BCUT2D eigenvalue weighted by molar-refractivity contribution is 7.89. The van der Waals surface area contributed by atoms with Gasteiger partial charge < -0.3 is 15.1 Å². The Kier molecular flexibility index (Phi) is 11.5. The molecule has 1 aliphatic carbocycles. The van der Waals surface area contributed by atoms with Crippen LogP contribution in [-0.2, 0) is 33.3 Å². The van der Waals surface area contributed by atoms with E-state index in [1.807, 2.05) is 32.9 Å². The van der Waals surface area contributed by atoms with Crippen LogP contribution in [0.25, 0.3) is 0 Å². The Labute approximate surface area is 310 Å². The zero-order valence-corrected chi connectivity index (χ0v) is 31.0. The minimum atomic E-state index is -6.01. The second-order valence-corrected chi connectivity index (χ2v) is 16.4.